The molecule has 3 aromatic rings. The zero-order valence-corrected chi connectivity index (χ0v) is 23.5. The van der Waals surface area contributed by atoms with Gasteiger partial charge in [0.05, 0.1) is 23.5 Å². The van der Waals surface area contributed by atoms with Gasteiger partial charge in [-0.1, -0.05) is 53.9 Å². The fraction of sp³-hybridized carbons (Fsp3) is 0.300. The van der Waals surface area contributed by atoms with Crippen LogP contribution >= 0.6 is 34.8 Å². The van der Waals surface area contributed by atoms with Crippen LogP contribution in [-0.4, -0.2) is 24.8 Å². The van der Waals surface area contributed by atoms with E-state index in [1.165, 1.54) is 7.11 Å². The summed E-state index contributed by atoms with van der Waals surface area (Å²) in [6, 6.07) is 16.0. The van der Waals surface area contributed by atoms with Crippen molar-refractivity contribution in [2.75, 3.05) is 13.7 Å². The number of aliphatic hydroxyl groups is 1. The van der Waals surface area contributed by atoms with Crippen LogP contribution < -0.4 is 9.47 Å². The van der Waals surface area contributed by atoms with Crippen molar-refractivity contribution in [3.8, 4) is 11.5 Å². The van der Waals surface area contributed by atoms with Crippen LogP contribution in [0.3, 0.4) is 0 Å². The second kappa shape index (κ2) is 12.8. The molecule has 1 aliphatic rings. The second-order valence-corrected chi connectivity index (χ2v) is 10.4. The van der Waals surface area contributed by atoms with Crippen molar-refractivity contribution >= 4 is 40.8 Å². The highest BCUT2D eigenvalue weighted by Crippen LogP contribution is 2.38. The number of aliphatic hydroxyl groups excluding tert-OH is 1. The molecule has 0 bridgehead atoms. The quantitative estimate of drug-likeness (QED) is 0.184. The largest absolute Gasteiger partial charge is 0.512 e. The third kappa shape index (κ3) is 6.96. The lowest BCUT2D eigenvalue weighted by Crippen LogP contribution is -2.09. The molecule has 8 heteroatoms. The first-order valence-electron chi connectivity index (χ1n) is 12.4. The van der Waals surface area contributed by atoms with Gasteiger partial charge in [-0.05, 0) is 72.9 Å². The Hall–Kier alpha value is -2.86. The minimum absolute atomic E-state index is 0.160. The summed E-state index contributed by atoms with van der Waals surface area (Å²) < 4.78 is 16.8. The number of methoxy groups -OCH3 is 1. The number of rotatable bonds is 11. The first-order valence-corrected chi connectivity index (χ1v) is 13.5. The number of carbonyl (C=O) groups is 1. The van der Waals surface area contributed by atoms with E-state index < -0.39 is 0 Å². The van der Waals surface area contributed by atoms with E-state index in [4.69, 9.17) is 49.0 Å². The van der Waals surface area contributed by atoms with Crippen molar-refractivity contribution in [1.82, 2.24) is 0 Å². The highest BCUT2D eigenvalue weighted by atomic mass is 35.5. The number of ether oxygens (including phenoxy) is 3. The smallest absolute Gasteiger partial charge is 0.337 e. The molecule has 0 heterocycles. The van der Waals surface area contributed by atoms with Gasteiger partial charge in [-0.3, -0.25) is 0 Å². The average Bonchev–Trinajstić information content (AvgIpc) is 3.77. The lowest BCUT2D eigenvalue weighted by Gasteiger charge is -2.16. The van der Waals surface area contributed by atoms with Crippen LogP contribution in [0.5, 0.6) is 11.5 Å². The number of benzene rings is 3. The molecule has 0 unspecified atom stereocenters. The van der Waals surface area contributed by atoms with Crippen molar-refractivity contribution in [3.05, 3.63) is 103 Å². The SMILES string of the molecule is CCc1cc(C(=O)OC)ccc1OCc1ccc(OC/C(Cc2c(Cl)cccc2Cl)=C(/O)C2CC2)cc1Cl. The topological polar surface area (TPSA) is 65.0 Å². The van der Waals surface area contributed by atoms with Crippen LogP contribution in [0.4, 0.5) is 0 Å². The molecule has 0 saturated heterocycles. The normalized spacial score (nSPS) is 13.6. The average molecular weight is 576 g/mol. The molecule has 38 heavy (non-hydrogen) atoms. The monoisotopic (exact) mass is 574 g/mol. The Morgan fingerprint density at radius 2 is 1.68 bits per heavy atom. The maximum absolute atomic E-state index is 11.8. The summed E-state index contributed by atoms with van der Waals surface area (Å²) in [7, 11) is 1.36. The van der Waals surface area contributed by atoms with E-state index in [9.17, 15) is 9.90 Å². The summed E-state index contributed by atoms with van der Waals surface area (Å²) in [6.07, 6.45) is 3.01. The van der Waals surface area contributed by atoms with Crippen LogP contribution in [0.15, 0.2) is 65.9 Å². The number of aryl methyl sites for hydroxylation is 1. The molecule has 200 valence electrons. The fourth-order valence-electron chi connectivity index (χ4n) is 4.08. The van der Waals surface area contributed by atoms with Gasteiger partial charge >= 0.3 is 5.97 Å². The lowest BCUT2D eigenvalue weighted by molar-refractivity contribution is 0.0600. The van der Waals surface area contributed by atoms with Crippen LogP contribution in [0.1, 0.15) is 46.8 Å². The van der Waals surface area contributed by atoms with Gasteiger partial charge in [0.2, 0.25) is 0 Å². The number of hydrogen-bond acceptors (Lipinski definition) is 5. The van der Waals surface area contributed by atoms with Gasteiger partial charge in [-0.15, -0.1) is 0 Å². The van der Waals surface area contributed by atoms with Crippen molar-refractivity contribution in [3.63, 3.8) is 0 Å². The molecule has 0 atom stereocenters. The third-order valence-corrected chi connectivity index (χ3v) is 7.52. The van der Waals surface area contributed by atoms with Gasteiger partial charge in [0.1, 0.15) is 24.7 Å². The maximum atomic E-state index is 11.8. The molecule has 1 aliphatic carbocycles. The van der Waals surface area contributed by atoms with Gasteiger partial charge in [0.25, 0.3) is 0 Å². The molecule has 0 aliphatic heterocycles. The van der Waals surface area contributed by atoms with Gasteiger partial charge in [0.15, 0.2) is 0 Å². The minimum atomic E-state index is -0.386. The molecule has 0 aromatic heterocycles. The minimum Gasteiger partial charge on any atom is -0.512 e. The fourth-order valence-corrected chi connectivity index (χ4v) is 4.83. The maximum Gasteiger partial charge on any atom is 0.337 e. The molecule has 1 saturated carbocycles. The Bertz CT molecular complexity index is 1330. The molecule has 3 aromatic carbocycles. The second-order valence-electron chi connectivity index (χ2n) is 9.14. The van der Waals surface area contributed by atoms with E-state index in [1.807, 2.05) is 19.1 Å². The van der Waals surface area contributed by atoms with Crippen LogP contribution in [0, 0.1) is 5.92 Å². The van der Waals surface area contributed by atoms with Crippen LogP contribution in [0.25, 0.3) is 0 Å². The van der Waals surface area contributed by atoms with E-state index >= 15 is 0 Å². The Kier molecular flexibility index (Phi) is 9.48. The molecule has 4 rings (SSSR count). The summed E-state index contributed by atoms with van der Waals surface area (Å²) in [4.78, 5) is 11.8. The number of hydrogen-bond donors (Lipinski definition) is 1. The van der Waals surface area contributed by atoms with Gasteiger partial charge in [-0.2, -0.15) is 0 Å². The molecule has 0 radical (unpaired) electrons. The third-order valence-electron chi connectivity index (χ3n) is 6.46. The van der Waals surface area contributed by atoms with E-state index in [1.54, 1.807) is 42.5 Å². The van der Waals surface area contributed by atoms with Crippen molar-refractivity contribution < 1.29 is 24.1 Å². The highest BCUT2D eigenvalue weighted by molar-refractivity contribution is 6.36. The first kappa shape index (κ1) is 28.2. The lowest BCUT2D eigenvalue weighted by atomic mass is 10.0. The van der Waals surface area contributed by atoms with Crippen molar-refractivity contribution in [2.45, 2.75) is 39.2 Å². The Balaban J connectivity index is 1.43. The van der Waals surface area contributed by atoms with E-state index in [2.05, 4.69) is 0 Å². The Morgan fingerprint density at radius 1 is 0.947 bits per heavy atom. The van der Waals surface area contributed by atoms with Crippen molar-refractivity contribution in [2.24, 2.45) is 5.92 Å². The van der Waals surface area contributed by atoms with E-state index in [-0.39, 0.29) is 25.1 Å². The predicted molar refractivity (Wildman–Crippen MR) is 151 cm³/mol. The van der Waals surface area contributed by atoms with Gasteiger partial charge in [-0.25, -0.2) is 4.79 Å². The number of halogens is 3. The van der Waals surface area contributed by atoms with E-state index in [0.29, 0.717) is 50.7 Å². The molecular weight excluding hydrogens is 547 g/mol. The summed E-state index contributed by atoms with van der Waals surface area (Å²) >= 11 is 19.3. The Labute approximate surface area is 237 Å². The summed E-state index contributed by atoms with van der Waals surface area (Å²) in [6.45, 7) is 2.43. The predicted octanol–water partition coefficient (Wildman–Crippen LogP) is 8.42. The summed E-state index contributed by atoms with van der Waals surface area (Å²) in [5.41, 5.74) is 3.68. The van der Waals surface area contributed by atoms with E-state index in [0.717, 1.165) is 35.1 Å². The summed E-state index contributed by atoms with van der Waals surface area (Å²) in [5.74, 6) is 1.37. The van der Waals surface area contributed by atoms with Gasteiger partial charge in [0, 0.05) is 33.5 Å². The highest BCUT2D eigenvalue weighted by Gasteiger charge is 2.29. The van der Waals surface area contributed by atoms with Gasteiger partial charge < -0.3 is 19.3 Å². The molecule has 0 amide bonds. The Morgan fingerprint density at radius 3 is 2.32 bits per heavy atom. The zero-order valence-electron chi connectivity index (χ0n) is 21.2. The molecule has 5 nitrogen and oxygen atoms in total. The number of carbonyl (C=O) groups excluding carboxylic acids is 1. The molecular formula is C30H29Cl3O5. The zero-order chi connectivity index (χ0) is 27.2. The van der Waals surface area contributed by atoms with Crippen LogP contribution in [-0.2, 0) is 24.2 Å². The molecule has 1 fully saturated rings. The number of esters is 1. The van der Waals surface area contributed by atoms with Crippen LogP contribution in [0.2, 0.25) is 15.1 Å². The standard InChI is InChI=1S/C30H29Cl3O5/c1-3-18-13-20(30(35)36-2)10-12-28(18)38-16-21-9-11-23(15-27(21)33)37-17-22(29(34)19-7-8-19)14-24-25(31)5-4-6-26(24)32/h4-6,9-13,15,19,34H,3,7-8,14,16-17H2,1-2H3/b29-22+. The van der Waals surface area contributed by atoms with Crippen molar-refractivity contribution in [1.29, 1.82) is 0 Å². The number of allylic oxidation sites excluding steroid dienone is 1. The summed E-state index contributed by atoms with van der Waals surface area (Å²) in [5, 5.41) is 12.4. The molecule has 0 spiro atoms. The molecule has 1 N–H and O–H groups in total. The first-order chi connectivity index (χ1) is 18.3.